The number of rotatable bonds is 5. The summed E-state index contributed by atoms with van der Waals surface area (Å²) >= 11 is 0. The summed E-state index contributed by atoms with van der Waals surface area (Å²) in [6.45, 7) is 13.0. The molecular weight excluding hydrogens is 184 g/mol. The van der Waals surface area contributed by atoms with Gasteiger partial charge in [-0.2, -0.15) is 0 Å². The lowest BCUT2D eigenvalue weighted by Gasteiger charge is -2.28. The van der Waals surface area contributed by atoms with Crippen molar-refractivity contribution in [1.29, 1.82) is 0 Å². The summed E-state index contributed by atoms with van der Waals surface area (Å²) in [5.41, 5.74) is 0.499. The van der Waals surface area contributed by atoms with E-state index in [1.54, 1.807) is 0 Å². The van der Waals surface area contributed by atoms with Crippen LogP contribution in [0.1, 0.15) is 40.5 Å². The summed E-state index contributed by atoms with van der Waals surface area (Å²) in [6, 6.07) is 0.715. The molecular formula is C13H28N2. The Morgan fingerprint density at radius 1 is 1.40 bits per heavy atom. The van der Waals surface area contributed by atoms with E-state index in [2.05, 4.69) is 45.0 Å². The quantitative estimate of drug-likeness (QED) is 0.752. The van der Waals surface area contributed by atoms with Gasteiger partial charge < -0.3 is 10.2 Å². The molecule has 0 aromatic heterocycles. The Balaban J connectivity index is 2.25. The van der Waals surface area contributed by atoms with Crippen LogP contribution in [0.15, 0.2) is 0 Å². The SMILES string of the molecule is CC(C)CN(C)CCC1NCCC1(C)C. The van der Waals surface area contributed by atoms with Crippen molar-refractivity contribution in [1.82, 2.24) is 10.2 Å². The van der Waals surface area contributed by atoms with Crippen LogP contribution in [-0.2, 0) is 0 Å². The molecule has 15 heavy (non-hydrogen) atoms. The molecule has 90 valence electrons. The molecule has 0 aromatic carbocycles. The summed E-state index contributed by atoms with van der Waals surface area (Å²) in [6.07, 6.45) is 2.61. The minimum absolute atomic E-state index is 0.499. The van der Waals surface area contributed by atoms with E-state index in [0.29, 0.717) is 11.5 Å². The molecule has 0 spiro atoms. The normalized spacial score (nSPS) is 25.4. The van der Waals surface area contributed by atoms with Gasteiger partial charge in [0, 0.05) is 12.6 Å². The minimum Gasteiger partial charge on any atom is -0.313 e. The van der Waals surface area contributed by atoms with Crippen LogP contribution >= 0.6 is 0 Å². The van der Waals surface area contributed by atoms with Crippen molar-refractivity contribution < 1.29 is 0 Å². The molecule has 0 aromatic rings. The second-order valence-corrected chi connectivity index (χ2v) is 6.19. The predicted molar refractivity (Wildman–Crippen MR) is 67.1 cm³/mol. The second-order valence-electron chi connectivity index (χ2n) is 6.19. The highest BCUT2D eigenvalue weighted by Crippen LogP contribution is 2.31. The van der Waals surface area contributed by atoms with Crippen LogP contribution < -0.4 is 5.32 Å². The van der Waals surface area contributed by atoms with Gasteiger partial charge in [0.15, 0.2) is 0 Å². The monoisotopic (exact) mass is 212 g/mol. The van der Waals surface area contributed by atoms with Gasteiger partial charge in [0.05, 0.1) is 0 Å². The molecule has 1 unspecified atom stereocenters. The topological polar surface area (TPSA) is 15.3 Å². The molecule has 0 saturated carbocycles. The van der Waals surface area contributed by atoms with Crippen molar-refractivity contribution in [2.45, 2.75) is 46.6 Å². The summed E-state index contributed by atoms with van der Waals surface area (Å²) < 4.78 is 0. The molecule has 1 fully saturated rings. The standard InChI is InChI=1S/C13H28N2/c1-11(2)10-15(5)9-6-12-13(3,4)7-8-14-12/h11-12,14H,6-10H2,1-5H3. The van der Waals surface area contributed by atoms with Crippen LogP contribution in [0.3, 0.4) is 0 Å². The van der Waals surface area contributed by atoms with Crippen molar-refractivity contribution in [2.24, 2.45) is 11.3 Å². The largest absolute Gasteiger partial charge is 0.313 e. The first-order chi connectivity index (χ1) is 6.92. The summed E-state index contributed by atoms with van der Waals surface area (Å²) in [5, 5.41) is 3.63. The van der Waals surface area contributed by atoms with Gasteiger partial charge in [-0.25, -0.2) is 0 Å². The van der Waals surface area contributed by atoms with Crippen LogP contribution in [0.5, 0.6) is 0 Å². The Hall–Kier alpha value is -0.0800. The van der Waals surface area contributed by atoms with Crippen LogP contribution in [0.2, 0.25) is 0 Å². The van der Waals surface area contributed by atoms with E-state index < -0.39 is 0 Å². The first-order valence-corrected chi connectivity index (χ1v) is 6.34. The van der Waals surface area contributed by atoms with Crippen molar-refractivity contribution >= 4 is 0 Å². The maximum Gasteiger partial charge on any atom is 0.0131 e. The Labute approximate surface area is 95.4 Å². The fourth-order valence-corrected chi connectivity index (χ4v) is 2.58. The molecule has 0 bridgehead atoms. The molecule has 1 saturated heterocycles. The predicted octanol–water partition coefficient (Wildman–Crippen LogP) is 2.35. The number of nitrogens with one attached hydrogen (secondary N) is 1. The number of hydrogen-bond donors (Lipinski definition) is 1. The van der Waals surface area contributed by atoms with Crippen molar-refractivity contribution in [3.05, 3.63) is 0 Å². The highest BCUT2D eigenvalue weighted by atomic mass is 15.1. The van der Waals surface area contributed by atoms with Crippen molar-refractivity contribution in [2.75, 3.05) is 26.7 Å². The Morgan fingerprint density at radius 3 is 2.53 bits per heavy atom. The molecule has 0 amide bonds. The fourth-order valence-electron chi connectivity index (χ4n) is 2.58. The molecule has 1 aliphatic rings. The van der Waals surface area contributed by atoms with Gasteiger partial charge in [-0.3, -0.25) is 0 Å². The van der Waals surface area contributed by atoms with E-state index in [9.17, 15) is 0 Å². The van der Waals surface area contributed by atoms with Gasteiger partial charge in [0.25, 0.3) is 0 Å². The van der Waals surface area contributed by atoms with Gasteiger partial charge in [-0.15, -0.1) is 0 Å². The van der Waals surface area contributed by atoms with E-state index in [4.69, 9.17) is 0 Å². The zero-order valence-corrected chi connectivity index (χ0v) is 11.1. The third-order valence-electron chi connectivity index (χ3n) is 3.58. The summed E-state index contributed by atoms with van der Waals surface area (Å²) in [4.78, 5) is 2.46. The molecule has 2 heteroatoms. The van der Waals surface area contributed by atoms with Gasteiger partial charge in [0.2, 0.25) is 0 Å². The van der Waals surface area contributed by atoms with E-state index >= 15 is 0 Å². The lowest BCUT2D eigenvalue weighted by molar-refractivity contribution is 0.238. The average Bonchev–Trinajstić information content (AvgIpc) is 2.40. The lowest BCUT2D eigenvalue weighted by Crippen LogP contribution is -2.36. The molecule has 0 radical (unpaired) electrons. The Bertz CT molecular complexity index is 187. The Kier molecular flexibility index (Phi) is 4.60. The lowest BCUT2D eigenvalue weighted by atomic mass is 9.83. The first kappa shape index (κ1) is 13.0. The second kappa shape index (κ2) is 5.31. The van der Waals surface area contributed by atoms with Crippen LogP contribution in [0.4, 0.5) is 0 Å². The van der Waals surface area contributed by atoms with Gasteiger partial charge in [-0.1, -0.05) is 27.7 Å². The smallest absolute Gasteiger partial charge is 0.0131 e. The molecule has 0 aliphatic carbocycles. The first-order valence-electron chi connectivity index (χ1n) is 6.34. The summed E-state index contributed by atoms with van der Waals surface area (Å²) in [7, 11) is 2.24. The Morgan fingerprint density at radius 2 is 2.07 bits per heavy atom. The zero-order chi connectivity index (χ0) is 11.5. The minimum atomic E-state index is 0.499. The highest BCUT2D eigenvalue weighted by molar-refractivity contribution is 4.90. The van der Waals surface area contributed by atoms with Gasteiger partial charge >= 0.3 is 0 Å². The molecule has 1 rings (SSSR count). The van der Waals surface area contributed by atoms with Crippen LogP contribution in [0, 0.1) is 11.3 Å². The van der Waals surface area contributed by atoms with Crippen LogP contribution in [-0.4, -0.2) is 37.6 Å². The maximum absolute atomic E-state index is 3.63. The summed E-state index contributed by atoms with van der Waals surface area (Å²) in [5.74, 6) is 0.777. The van der Waals surface area contributed by atoms with Crippen LogP contribution in [0.25, 0.3) is 0 Å². The van der Waals surface area contributed by atoms with E-state index in [1.165, 1.54) is 32.5 Å². The average molecular weight is 212 g/mol. The molecule has 1 N–H and O–H groups in total. The molecule has 1 atom stereocenters. The highest BCUT2D eigenvalue weighted by Gasteiger charge is 2.33. The van der Waals surface area contributed by atoms with E-state index in [0.717, 1.165) is 5.92 Å². The van der Waals surface area contributed by atoms with Gasteiger partial charge in [-0.05, 0) is 44.3 Å². The van der Waals surface area contributed by atoms with E-state index in [1.807, 2.05) is 0 Å². The third kappa shape index (κ3) is 4.12. The molecule has 1 heterocycles. The number of nitrogens with zero attached hydrogens (tertiary/aromatic N) is 1. The maximum atomic E-state index is 3.63. The van der Waals surface area contributed by atoms with Crippen molar-refractivity contribution in [3.8, 4) is 0 Å². The van der Waals surface area contributed by atoms with Crippen molar-refractivity contribution in [3.63, 3.8) is 0 Å². The third-order valence-corrected chi connectivity index (χ3v) is 3.58. The zero-order valence-electron chi connectivity index (χ0n) is 11.1. The molecule has 2 nitrogen and oxygen atoms in total. The van der Waals surface area contributed by atoms with Gasteiger partial charge in [0.1, 0.15) is 0 Å². The molecule has 1 aliphatic heterocycles. The number of hydrogen-bond acceptors (Lipinski definition) is 2. The van der Waals surface area contributed by atoms with E-state index in [-0.39, 0.29) is 0 Å². The fraction of sp³-hybridized carbons (Fsp3) is 1.00.